The maximum atomic E-state index is 12.6. The molecule has 1 aliphatic heterocycles. The largest absolute Gasteiger partial charge is 0.342 e. The lowest BCUT2D eigenvalue weighted by molar-refractivity contribution is -0.150. The summed E-state index contributed by atoms with van der Waals surface area (Å²) in [4.78, 5) is 30.4. The molecule has 0 spiro atoms. The maximum absolute atomic E-state index is 12.6. The van der Waals surface area contributed by atoms with Gasteiger partial charge < -0.3 is 10.2 Å². The molecule has 2 amide bonds. The molecule has 7 heteroatoms. The first-order valence-electron chi connectivity index (χ1n) is 7.43. The lowest BCUT2D eigenvalue weighted by atomic mass is 9.98. The third kappa shape index (κ3) is 3.06. The summed E-state index contributed by atoms with van der Waals surface area (Å²) in [6, 6.07) is -0.949. The van der Waals surface area contributed by atoms with Crippen LogP contribution in [0.25, 0.3) is 0 Å². The fraction of sp³-hybridized carbons (Fsp3) is 0.714. The summed E-state index contributed by atoms with van der Waals surface area (Å²) in [6.45, 7) is 8.72. The Bertz CT molecular complexity index is 525. The predicted molar refractivity (Wildman–Crippen MR) is 77.1 cm³/mol. The molecule has 1 saturated heterocycles. The molecule has 21 heavy (non-hydrogen) atoms. The number of nitrogens with zero attached hydrogens (tertiary/aromatic N) is 4. The number of aromatic nitrogens is 3. The van der Waals surface area contributed by atoms with Crippen molar-refractivity contribution in [3.05, 3.63) is 12.2 Å². The van der Waals surface area contributed by atoms with E-state index in [2.05, 4.69) is 22.3 Å². The van der Waals surface area contributed by atoms with E-state index < -0.39 is 12.1 Å². The van der Waals surface area contributed by atoms with Crippen LogP contribution in [0.1, 0.15) is 39.9 Å². The van der Waals surface area contributed by atoms with Crippen molar-refractivity contribution in [2.45, 2.75) is 59.3 Å². The van der Waals surface area contributed by atoms with E-state index in [1.165, 1.54) is 6.33 Å². The number of amides is 2. The molecule has 1 aromatic rings. The molecule has 7 nitrogen and oxygen atoms in total. The third-order valence-electron chi connectivity index (χ3n) is 3.80. The summed E-state index contributed by atoms with van der Waals surface area (Å²) in [5.74, 6) is 0.609. The summed E-state index contributed by atoms with van der Waals surface area (Å²) in [5.41, 5.74) is 0. The van der Waals surface area contributed by atoms with Gasteiger partial charge in [-0.2, -0.15) is 5.10 Å². The third-order valence-corrected chi connectivity index (χ3v) is 3.80. The second kappa shape index (κ2) is 6.24. The molecule has 116 valence electrons. The van der Waals surface area contributed by atoms with Gasteiger partial charge in [0.2, 0.25) is 11.8 Å². The van der Waals surface area contributed by atoms with Crippen LogP contribution in [-0.4, -0.2) is 43.6 Å². The summed E-state index contributed by atoms with van der Waals surface area (Å²) in [7, 11) is 0. The lowest BCUT2D eigenvalue weighted by Gasteiger charge is -2.38. The molecule has 0 aromatic carbocycles. The van der Waals surface area contributed by atoms with Gasteiger partial charge in [0.1, 0.15) is 24.2 Å². The number of aryl methyl sites for hydroxylation is 1. The molecular formula is C14H23N5O2. The predicted octanol–water partition coefficient (Wildman–Crippen LogP) is 0.560. The van der Waals surface area contributed by atoms with Crippen molar-refractivity contribution in [2.24, 2.45) is 5.92 Å². The van der Waals surface area contributed by atoms with Gasteiger partial charge in [0, 0.05) is 6.54 Å². The molecule has 0 radical (unpaired) electrons. The Labute approximate surface area is 124 Å². The highest BCUT2D eigenvalue weighted by molar-refractivity contribution is 5.96. The molecular weight excluding hydrogens is 270 g/mol. The van der Waals surface area contributed by atoms with E-state index in [-0.39, 0.29) is 17.7 Å². The molecule has 1 fully saturated rings. The Balaban J connectivity index is 2.21. The van der Waals surface area contributed by atoms with Crippen molar-refractivity contribution in [3.63, 3.8) is 0 Å². The molecule has 1 aliphatic rings. The zero-order valence-corrected chi connectivity index (χ0v) is 13.0. The number of piperazine rings is 1. The summed E-state index contributed by atoms with van der Waals surface area (Å²) in [6.07, 6.45) is 2.43. The van der Waals surface area contributed by atoms with Gasteiger partial charge in [-0.15, -0.1) is 0 Å². The van der Waals surface area contributed by atoms with Crippen molar-refractivity contribution < 1.29 is 9.59 Å². The first-order chi connectivity index (χ1) is 9.95. The standard InChI is InChI=1S/C14H23N5O2/c1-5-6-19-11(15-8-16-19)7-18-10(4)13(20)17-12(9(2)3)14(18)21/h8-10,12H,5-7H2,1-4H3,(H,17,20). The number of hydrogen-bond donors (Lipinski definition) is 1. The van der Waals surface area contributed by atoms with Crippen LogP contribution < -0.4 is 5.32 Å². The van der Waals surface area contributed by atoms with Crippen LogP contribution in [-0.2, 0) is 22.7 Å². The van der Waals surface area contributed by atoms with E-state index in [1.54, 1.807) is 16.5 Å². The lowest BCUT2D eigenvalue weighted by Crippen LogP contribution is -2.63. The van der Waals surface area contributed by atoms with Crippen LogP contribution in [0.3, 0.4) is 0 Å². The molecule has 2 unspecified atom stereocenters. The fourth-order valence-corrected chi connectivity index (χ4v) is 2.47. The van der Waals surface area contributed by atoms with Crippen LogP contribution in [0.15, 0.2) is 6.33 Å². The van der Waals surface area contributed by atoms with E-state index in [4.69, 9.17) is 0 Å². The number of rotatable bonds is 5. The van der Waals surface area contributed by atoms with Crippen LogP contribution in [0.4, 0.5) is 0 Å². The number of carbonyl (C=O) groups excluding carboxylic acids is 2. The van der Waals surface area contributed by atoms with Crippen molar-refractivity contribution in [1.82, 2.24) is 25.0 Å². The molecule has 0 aliphatic carbocycles. The Hall–Kier alpha value is -1.92. The monoisotopic (exact) mass is 293 g/mol. The summed E-state index contributed by atoms with van der Waals surface area (Å²) in [5, 5.41) is 6.95. The average molecular weight is 293 g/mol. The highest BCUT2D eigenvalue weighted by Gasteiger charge is 2.39. The SMILES string of the molecule is CCCn1ncnc1CN1C(=O)C(C(C)C)NC(=O)C1C. The van der Waals surface area contributed by atoms with E-state index in [0.29, 0.717) is 12.4 Å². The van der Waals surface area contributed by atoms with Crippen LogP contribution >= 0.6 is 0 Å². The minimum atomic E-state index is -0.487. The highest BCUT2D eigenvalue weighted by Crippen LogP contribution is 2.17. The molecule has 2 heterocycles. The van der Waals surface area contributed by atoms with E-state index in [1.807, 2.05) is 13.8 Å². The van der Waals surface area contributed by atoms with Gasteiger partial charge in [-0.1, -0.05) is 20.8 Å². The molecule has 0 saturated carbocycles. The van der Waals surface area contributed by atoms with Gasteiger partial charge in [0.05, 0.1) is 6.54 Å². The number of carbonyl (C=O) groups is 2. The number of nitrogens with one attached hydrogen (secondary N) is 1. The van der Waals surface area contributed by atoms with Gasteiger partial charge in [-0.3, -0.25) is 9.59 Å². The fourth-order valence-electron chi connectivity index (χ4n) is 2.47. The van der Waals surface area contributed by atoms with E-state index in [9.17, 15) is 9.59 Å². The highest BCUT2D eigenvalue weighted by atomic mass is 16.2. The zero-order valence-electron chi connectivity index (χ0n) is 13.0. The molecule has 1 N–H and O–H groups in total. The second-order valence-corrected chi connectivity index (χ2v) is 5.77. The molecule has 0 bridgehead atoms. The Kier molecular flexibility index (Phi) is 4.59. The zero-order chi connectivity index (χ0) is 15.6. The average Bonchev–Trinajstić information content (AvgIpc) is 2.86. The number of hydrogen-bond acceptors (Lipinski definition) is 4. The van der Waals surface area contributed by atoms with Crippen LogP contribution in [0, 0.1) is 5.92 Å². The van der Waals surface area contributed by atoms with E-state index in [0.717, 1.165) is 13.0 Å². The summed E-state index contributed by atoms with van der Waals surface area (Å²) < 4.78 is 1.79. The Morgan fingerprint density at radius 3 is 2.71 bits per heavy atom. The van der Waals surface area contributed by atoms with Gasteiger partial charge in [-0.25, -0.2) is 9.67 Å². The van der Waals surface area contributed by atoms with Gasteiger partial charge in [-0.05, 0) is 19.3 Å². The normalized spacial score (nSPS) is 22.8. The quantitative estimate of drug-likeness (QED) is 0.860. The second-order valence-electron chi connectivity index (χ2n) is 5.77. The Morgan fingerprint density at radius 1 is 1.38 bits per heavy atom. The molecule has 2 rings (SSSR count). The minimum absolute atomic E-state index is 0.0526. The molecule has 2 atom stereocenters. The van der Waals surface area contributed by atoms with Crippen LogP contribution in [0.5, 0.6) is 0 Å². The van der Waals surface area contributed by atoms with E-state index >= 15 is 0 Å². The van der Waals surface area contributed by atoms with Gasteiger partial charge >= 0.3 is 0 Å². The van der Waals surface area contributed by atoms with Crippen molar-refractivity contribution in [2.75, 3.05) is 0 Å². The van der Waals surface area contributed by atoms with Gasteiger partial charge in [0.25, 0.3) is 0 Å². The smallest absolute Gasteiger partial charge is 0.246 e. The van der Waals surface area contributed by atoms with Crippen molar-refractivity contribution >= 4 is 11.8 Å². The first kappa shape index (κ1) is 15.5. The van der Waals surface area contributed by atoms with Crippen molar-refractivity contribution in [3.8, 4) is 0 Å². The molecule has 1 aromatic heterocycles. The van der Waals surface area contributed by atoms with Gasteiger partial charge in [0.15, 0.2) is 0 Å². The Morgan fingerprint density at radius 2 is 2.10 bits per heavy atom. The topological polar surface area (TPSA) is 80.1 Å². The van der Waals surface area contributed by atoms with Crippen LogP contribution in [0.2, 0.25) is 0 Å². The maximum Gasteiger partial charge on any atom is 0.246 e. The first-order valence-corrected chi connectivity index (χ1v) is 7.43. The minimum Gasteiger partial charge on any atom is -0.342 e. The summed E-state index contributed by atoms with van der Waals surface area (Å²) >= 11 is 0. The van der Waals surface area contributed by atoms with Crippen molar-refractivity contribution in [1.29, 1.82) is 0 Å².